The molecule has 2 heterocycles. The summed E-state index contributed by atoms with van der Waals surface area (Å²) in [4.78, 5) is 30.5. The van der Waals surface area contributed by atoms with Crippen LogP contribution in [0.3, 0.4) is 0 Å². The topological polar surface area (TPSA) is 50.3 Å². The minimum atomic E-state index is -0.559. The van der Waals surface area contributed by atoms with Crippen molar-refractivity contribution in [3.8, 4) is 0 Å². The summed E-state index contributed by atoms with van der Waals surface area (Å²) < 4.78 is 0. The monoisotopic (exact) mass is 258 g/mol. The number of ketones is 1. The lowest BCUT2D eigenvalue weighted by molar-refractivity contribution is -0.152. The van der Waals surface area contributed by atoms with Crippen LogP contribution in [0, 0.1) is 5.92 Å². The van der Waals surface area contributed by atoms with Crippen LogP contribution in [0.1, 0.15) is 43.6 Å². The fourth-order valence-corrected chi connectivity index (χ4v) is 3.74. The van der Waals surface area contributed by atoms with E-state index in [1.165, 1.54) is 0 Å². The fraction of sp³-hybridized carbons (Fsp3) is 0.533. The van der Waals surface area contributed by atoms with Gasteiger partial charge in [0.15, 0.2) is 5.78 Å². The van der Waals surface area contributed by atoms with Crippen molar-refractivity contribution in [3.63, 3.8) is 0 Å². The number of carbonyl (C=O) groups excluding carboxylic acids is 2. The minimum absolute atomic E-state index is 0.0982. The van der Waals surface area contributed by atoms with E-state index in [0.717, 1.165) is 19.3 Å². The first-order chi connectivity index (χ1) is 9.04. The summed E-state index contributed by atoms with van der Waals surface area (Å²) in [7, 11) is 0. The van der Waals surface area contributed by atoms with Crippen molar-refractivity contribution in [1.82, 2.24) is 9.88 Å². The van der Waals surface area contributed by atoms with Gasteiger partial charge in [-0.25, -0.2) is 0 Å². The zero-order chi connectivity index (χ0) is 13.6. The molecule has 4 nitrogen and oxygen atoms in total. The highest BCUT2D eigenvalue weighted by Crippen LogP contribution is 2.50. The number of carbonyl (C=O) groups is 2. The summed E-state index contributed by atoms with van der Waals surface area (Å²) in [6, 6.07) is 5.52. The molecule has 2 aliphatic rings. The predicted octanol–water partition coefficient (Wildman–Crippen LogP) is 2.05. The Bertz CT molecular complexity index is 528. The van der Waals surface area contributed by atoms with Crippen molar-refractivity contribution >= 4 is 11.7 Å². The first-order valence-electron chi connectivity index (χ1n) is 6.80. The third-order valence-corrected chi connectivity index (χ3v) is 4.52. The Morgan fingerprint density at radius 3 is 2.79 bits per heavy atom. The van der Waals surface area contributed by atoms with Crippen LogP contribution in [0.2, 0.25) is 0 Å². The molecule has 3 atom stereocenters. The Labute approximate surface area is 112 Å². The molecule has 0 radical (unpaired) electrons. The number of likely N-dealkylation sites (tertiary alicyclic amines) is 1. The third kappa shape index (κ3) is 1.70. The van der Waals surface area contributed by atoms with Gasteiger partial charge in [0.25, 0.3) is 5.91 Å². The number of nitrogens with zero attached hydrogens (tertiary/aromatic N) is 2. The van der Waals surface area contributed by atoms with Crippen LogP contribution >= 0.6 is 0 Å². The minimum Gasteiger partial charge on any atom is -0.321 e. The number of amides is 1. The maximum Gasteiger partial charge on any atom is 0.273 e. The first-order valence-corrected chi connectivity index (χ1v) is 6.80. The van der Waals surface area contributed by atoms with Gasteiger partial charge in [0.2, 0.25) is 0 Å². The van der Waals surface area contributed by atoms with Gasteiger partial charge in [-0.1, -0.05) is 13.0 Å². The third-order valence-electron chi connectivity index (χ3n) is 4.52. The van der Waals surface area contributed by atoms with Crippen LogP contribution < -0.4 is 0 Å². The quantitative estimate of drug-likeness (QED) is 0.815. The highest BCUT2D eigenvalue weighted by molar-refractivity contribution is 6.00. The molecule has 0 N–H and O–H groups in total. The number of fused-ring (bicyclic) bond motifs is 2. The molecule has 2 bridgehead atoms. The summed E-state index contributed by atoms with van der Waals surface area (Å²) >= 11 is 0. The average Bonchev–Trinajstić information content (AvgIpc) is 2.38. The van der Waals surface area contributed by atoms with Gasteiger partial charge in [-0.2, -0.15) is 0 Å². The molecule has 1 aromatic heterocycles. The van der Waals surface area contributed by atoms with Crippen molar-refractivity contribution in [3.05, 3.63) is 30.1 Å². The molecule has 0 aromatic carbocycles. The molecule has 2 fully saturated rings. The Kier molecular flexibility index (Phi) is 2.69. The van der Waals surface area contributed by atoms with E-state index in [-0.39, 0.29) is 17.7 Å². The second-order valence-corrected chi connectivity index (χ2v) is 5.88. The molecular weight excluding hydrogens is 240 g/mol. The molecule has 1 saturated heterocycles. The number of hydrogen-bond donors (Lipinski definition) is 0. The van der Waals surface area contributed by atoms with Gasteiger partial charge in [-0.3, -0.25) is 14.6 Å². The van der Waals surface area contributed by atoms with Crippen LogP contribution in [0.4, 0.5) is 0 Å². The fourth-order valence-electron chi connectivity index (χ4n) is 3.74. The molecule has 1 aromatic rings. The number of hydrogen-bond acceptors (Lipinski definition) is 3. The lowest BCUT2D eigenvalue weighted by atomic mass is 9.62. The standard InChI is InChI=1S/C15H18N2O2/c1-10-7-12-9-15(8-10,11(2)18)17(12)14(19)13-5-3-4-6-16-13/h3-6,10,12H,7-9H2,1-2H3. The van der Waals surface area contributed by atoms with Gasteiger partial charge in [0.1, 0.15) is 11.2 Å². The lowest BCUT2D eigenvalue weighted by Crippen LogP contribution is -2.74. The van der Waals surface area contributed by atoms with Crippen LogP contribution in [-0.4, -0.2) is 33.2 Å². The smallest absolute Gasteiger partial charge is 0.273 e. The maximum atomic E-state index is 12.6. The van der Waals surface area contributed by atoms with Crippen molar-refractivity contribution in [2.45, 2.75) is 44.7 Å². The van der Waals surface area contributed by atoms with E-state index in [4.69, 9.17) is 0 Å². The second-order valence-electron chi connectivity index (χ2n) is 5.88. The summed E-state index contributed by atoms with van der Waals surface area (Å²) in [5.41, 5.74) is -0.121. The Morgan fingerprint density at radius 1 is 1.37 bits per heavy atom. The molecule has 1 amide bonds. The summed E-state index contributed by atoms with van der Waals surface area (Å²) in [5, 5.41) is 0. The second kappa shape index (κ2) is 4.15. The molecule has 3 rings (SSSR count). The summed E-state index contributed by atoms with van der Waals surface area (Å²) in [5.74, 6) is 0.522. The van der Waals surface area contributed by atoms with Gasteiger partial charge in [0, 0.05) is 12.2 Å². The number of pyridine rings is 1. The van der Waals surface area contributed by atoms with Gasteiger partial charge in [-0.15, -0.1) is 0 Å². The van der Waals surface area contributed by atoms with Crippen molar-refractivity contribution in [2.24, 2.45) is 5.92 Å². The van der Waals surface area contributed by atoms with Gasteiger partial charge in [0.05, 0.1) is 0 Å². The van der Waals surface area contributed by atoms with E-state index < -0.39 is 5.54 Å². The molecule has 1 aliphatic heterocycles. The average molecular weight is 258 g/mol. The molecule has 3 unspecified atom stereocenters. The molecule has 1 aliphatic carbocycles. The molecular formula is C15H18N2O2. The van der Waals surface area contributed by atoms with Gasteiger partial charge >= 0.3 is 0 Å². The predicted molar refractivity (Wildman–Crippen MR) is 70.6 cm³/mol. The van der Waals surface area contributed by atoms with Crippen LogP contribution in [0.5, 0.6) is 0 Å². The summed E-state index contributed by atoms with van der Waals surface area (Å²) in [6.45, 7) is 3.76. The number of aromatic nitrogens is 1. The van der Waals surface area contributed by atoms with Crippen LogP contribution in [0.15, 0.2) is 24.4 Å². The normalized spacial score (nSPS) is 32.6. The Hall–Kier alpha value is -1.71. The molecule has 1 saturated carbocycles. The van der Waals surface area contributed by atoms with E-state index in [2.05, 4.69) is 11.9 Å². The zero-order valence-electron chi connectivity index (χ0n) is 11.3. The van der Waals surface area contributed by atoms with Crippen molar-refractivity contribution in [1.29, 1.82) is 0 Å². The van der Waals surface area contributed by atoms with Crippen molar-refractivity contribution < 1.29 is 9.59 Å². The largest absolute Gasteiger partial charge is 0.321 e. The van der Waals surface area contributed by atoms with E-state index >= 15 is 0 Å². The van der Waals surface area contributed by atoms with Gasteiger partial charge < -0.3 is 4.90 Å². The highest BCUT2D eigenvalue weighted by Gasteiger charge is 2.60. The maximum absolute atomic E-state index is 12.6. The van der Waals surface area contributed by atoms with E-state index in [1.54, 1.807) is 36.2 Å². The van der Waals surface area contributed by atoms with Crippen LogP contribution in [0.25, 0.3) is 0 Å². The Balaban J connectivity index is 1.93. The zero-order valence-corrected chi connectivity index (χ0v) is 11.3. The molecule has 100 valence electrons. The van der Waals surface area contributed by atoms with E-state index in [0.29, 0.717) is 11.6 Å². The molecule has 0 spiro atoms. The highest BCUT2D eigenvalue weighted by atomic mass is 16.2. The molecule has 19 heavy (non-hydrogen) atoms. The van der Waals surface area contributed by atoms with Crippen molar-refractivity contribution in [2.75, 3.05) is 0 Å². The van der Waals surface area contributed by atoms with Crippen LogP contribution in [-0.2, 0) is 4.79 Å². The number of piperidine rings is 1. The van der Waals surface area contributed by atoms with Gasteiger partial charge in [-0.05, 0) is 44.2 Å². The first kappa shape index (κ1) is 12.3. The van der Waals surface area contributed by atoms with E-state index in [9.17, 15) is 9.59 Å². The number of Topliss-reactive ketones (excluding diaryl/α,β-unsaturated/α-hetero) is 1. The van der Waals surface area contributed by atoms with E-state index in [1.807, 2.05) is 0 Å². The Morgan fingerprint density at radius 2 is 2.16 bits per heavy atom. The number of rotatable bonds is 2. The molecule has 4 heteroatoms. The summed E-state index contributed by atoms with van der Waals surface area (Å²) in [6.07, 6.45) is 4.22. The SMILES string of the molecule is CC(=O)C12CC(C)CC(C1)N2C(=O)c1ccccn1. The lowest BCUT2D eigenvalue weighted by Gasteiger charge is -2.62.